The van der Waals surface area contributed by atoms with Gasteiger partial charge in [0.1, 0.15) is 30.5 Å². The van der Waals surface area contributed by atoms with E-state index in [1.165, 1.54) is 11.1 Å². The first-order valence-corrected chi connectivity index (χ1v) is 12.5. The van der Waals surface area contributed by atoms with E-state index in [9.17, 15) is 0 Å². The second kappa shape index (κ2) is 10.8. The number of pyridine rings is 1. The van der Waals surface area contributed by atoms with Crippen LogP contribution in [0.15, 0.2) is 79.1 Å². The fourth-order valence-electron chi connectivity index (χ4n) is 5.12. The van der Waals surface area contributed by atoms with Crippen LogP contribution in [0.4, 0.5) is 5.82 Å². The molecule has 0 fully saturated rings. The van der Waals surface area contributed by atoms with Crippen LogP contribution in [0.1, 0.15) is 54.8 Å². The Morgan fingerprint density at radius 3 is 2.42 bits per heavy atom. The van der Waals surface area contributed by atoms with Crippen LogP contribution < -0.4 is 14.8 Å². The van der Waals surface area contributed by atoms with E-state index in [4.69, 9.17) is 19.4 Å². The van der Waals surface area contributed by atoms with Crippen molar-refractivity contribution >= 4 is 5.82 Å². The molecule has 1 N–H and O–H groups in total. The predicted octanol–water partition coefficient (Wildman–Crippen LogP) is 6.43. The van der Waals surface area contributed by atoms with Crippen LogP contribution >= 0.6 is 0 Å². The summed E-state index contributed by atoms with van der Waals surface area (Å²) >= 11 is 0. The van der Waals surface area contributed by atoms with Gasteiger partial charge in [-0.3, -0.25) is 4.98 Å². The number of nitrogens with zero attached hydrogens (tertiary/aromatic N) is 3. The number of nitrogens with one attached hydrogen (secondary N) is 1. The van der Waals surface area contributed by atoms with E-state index in [0.29, 0.717) is 25.0 Å². The van der Waals surface area contributed by atoms with Crippen LogP contribution in [-0.2, 0) is 0 Å². The third kappa shape index (κ3) is 5.03. The van der Waals surface area contributed by atoms with Gasteiger partial charge in [0.25, 0.3) is 0 Å². The highest BCUT2D eigenvalue weighted by molar-refractivity contribution is 5.61. The van der Waals surface area contributed by atoms with Crippen molar-refractivity contribution in [2.24, 2.45) is 0 Å². The number of anilines is 1. The molecule has 2 aromatic carbocycles. The summed E-state index contributed by atoms with van der Waals surface area (Å²) in [6, 6.07) is 22.2. The Morgan fingerprint density at radius 1 is 0.889 bits per heavy atom. The summed E-state index contributed by atoms with van der Waals surface area (Å²) in [4.78, 5) is 14.1. The Morgan fingerprint density at radius 2 is 1.67 bits per heavy atom. The number of ether oxygens (including phenoxy) is 2. The van der Waals surface area contributed by atoms with Gasteiger partial charge in [0, 0.05) is 30.6 Å². The molecule has 0 radical (unpaired) electrons. The van der Waals surface area contributed by atoms with Crippen LogP contribution in [0.2, 0.25) is 0 Å². The maximum Gasteiger partial charge on any atom is 0.163 e. The topological polar surface area (TPSA) is 69.2 Å². The number of fused-ring (bicyclic) bond motifs is 1. The quantitative estimate of drug-likeness (QED) is 0.293. The molecule has 3 unspecified atom stereocenters. The molecule has 3 atom stereocenters. The largest absolute Gasteiger partial charge is 0.490 e. The van der Waals surface area contributed by atoms with E-state index in [-0.39, 0.29) is 5.92 Å². The average molecular weight is 481 g/mol. The summed E-state index contributed by atoms with van der Waals surface area (Å²) < 4.78 is 11.8. The van der Waals surface area contributed by atoms with Gasteiger partial charge in [-0.15, -0.1) is 0 Å². The molecule has 2 aromatic heterocycles. The molecule has 0 saturated heterocycles. The maximum atomic E-state index is 6.03. The minimum Gasteiger partial charge on any atom is -0.490 e. The first kappa shape index (κ1) is 23.8. The van der Waals surface area contributed by atoms with E-state index < -0.39 is 0 Å². The van der Waals surface area contributed by atoms with Gasteiger partial charge in [0.15, 0.2) is 5.82 Å². The first-order chi connectivity index (χ1) is 17.6. The lowest BCUT2D eigenvalue weighted by atomic mass is 9.70. The molecular formula is C30H32N4O2. The third-order valence-electron chi connectivity index (χ3n) is 6.92. The standard InChI is InChI=1S/C30H32N4O2/c1-20-17-26(22-9-7-13-25(18-22)36-16-15-35-24-11-5-4-6-12-24)21(2)27-28(20)33-29(34-30(27)31-3)23-10-8-14-32-19-23/h4-14,18-21,26H,15-17H2,1-3H3,(H,31,33,34). The molecule has 36 heavy (non-hydrogen) atoms. The lowest BCUT2D eigenvalue weighted by Crippen LogP contribution is -2.23. The lowest BCUT2D eigenvalue weighted by Gasteiger charge is -2.36. The molecule has 6 nitrogen and oxygen atoms in total. The molecule has 2 heterocycles. The molecule has 184 valence electrons. The third-order valence-corrected chi connectivity index (χ3v) is 6.92. The number of hydrogen-bond acceptors (Lipinski definition) is 6. The lowest BCUT2D eigenvalue weighted by molar-refractivity contribution is 0.217. The van der Waals surface area contributed by atoms with Gasteiger partial charge in [0.05, 0.1) is 5.69 Å². The van der Waals surface area contributed by atoms with Crippen LogP contribution in [0.3, 0.4) is 0 Å². The maximum absolute atomic E-state index is 6.03. The predicted molar refractivity (Wildman–Crippen MR) is 143 cm³/mol. The summed E-state index contributed by atoms with van der Waals surface area (Å²) in [7, 11) is 1.93. The smallest absolute Gasteiger partial charge is 0.163 e. The number of rotatable bonds is 8. The minimum atomic E-state index is 0.262. The zero-order chi connectivity index (χ0) is 24.9. The summed E-state index contributed by atoms with van der Waals surface area (Å²) in [5, 5.41) is 3.34. The van der Waals surface area contributed by atoms with Gasteiger partial charge in [-0.05, 0) is 66.1 Å². The van der Waals surface area contributed by atoms with Crippen molar-refractivity contribution in [2.75, 3.05) is 25.6 Å². The number of hydrogen-bond donors (Lipinski definition) is 1. The molecular weight excluding hydrogens is 448 g/mol. The highest BCUT2D eigenvalue weighted by Crippen LogP contribution is 2.49. The van der Waals surface area contributed by atoms with Gasteiger partial charge in [-0.1, -0.05) is 44.2 Å². The Bertz CT molecular complexity index is 1300. The molecule has 4 aromatic rings. The van der Waals surface area contributed by atoms with Crippen molar-refractivity contribution in [1.29, 1.82) is 0 Å². The highest BCUT2D eigenvalue weighted by Gasteiger charge is 2.35. The minimum absolute atomic E-state index is 0.262. The molecule has 0 spiro atoms. The Labute approximate surface area is 212 Å². The second-order valence-corrected chi connectivity index (χ2v) is 9.30. The molecule has 0 amide bonds. The highest BCUT2D eigenvalue weighted by atomic mass is 16.5. The van der Waals surface area contributed by atoms with Crippen LogP contribution in [0, 0.1) is 0 Å². The molecule has 1 aliphatic rings. The van der Waals surface area contributed by atoms with Crippen molar-refractivity contribution in [1.82, 2.24) is 15.0 Å². The van der Waals surface area contributed by atoms with Crippen LogP contribution in [0.5, 0.6) is 11.5 Å². The second-order valence-electron chi connectivity index (χ2n) is 9.30. The molecule has 1 aliphatic carbocycles. The molecule has 5 rings (SSSR count). The van der Waals surface area contributed by atoms with Gasteiger partial charge in [0.2, 0.25) is 0 Å². The van der Waals surface area contributed by atoms with E-state index in [0.717, 1.165) is 40.8 Å². The van der Waals surface area contributed by atoms with Crippen molar-refractivity contribution in [3.8, 4) is 22.9 Å². The molecule has 0 saturated carbocycles. The van der Waals surface area contributed by atoms with Gasteiger partial charge in [-0.2, -0.15) is 0 Å². The molecule has 6 heteroatoms. The van der Waals surface area contributed by atoms with E-state index in [1.54, 1.807) is 6.20 Å². The van der Waals surface area contributed by atoms with Crippen molar-refractivity contribution in [2.45, 2.75) is 38.0 Å². The summed E-state index contributed by atoms with van der Waals surface area (Å²) in [6.07, 6.45) is 4.60. The monoisotopic (exact) mass is 480 g/mol. The number of benzene rings is 2. The van der Waals surface area contributed by atoms with Gasteiger partial charge >= 0.3 is 0 Å². The molecule has 0 aliphatic heterocycles. The Hall–Kier alpha value is -3.93. The SMILES string of the molecule is CNc1nc(-c2cccnc2)nc2c1C(C)C(c1cccc(OCCOc3ccccc3)c1)CC2C. The summed E-state index contributed by atoms with van der Waals surface area (Å²) in [5.74, 6) is 4.25. The number of para-hydroxylation sites is 1. The van der Waals surface area contributed by atoms with Crippen molar-refractivity contribution in [3.05, 3.63) is 95.9 Å². The first-order valence-electron chi connectivity index (χ1n) is 12.5. The average Bonchev–Trinajstić information content (AvgIpc) is 2.93. The fourth-order valence-corrected chi connectivity index (χ4v) is 5.12. The molecule has 0 bridgehead atoms. The van der Waals surface area contributed by atoms with E-state index in [2.05, 4.69) is 42.3 Å². The van der Waals surface area contributed by atoms with E-state index >= 15 is 0 Å². The zero-order valence-electron chi connectivity index (χ0n) is 21.0. The van der Waals surface area contributed by atoms with Crippen LogP contribution in [0.25, 0.3) is 11.4 Å². The normalized spacial score (nSPS) is 18.8. The van der Waals surface area contributed by atoms with Crippen molar-refractivity contribution < 1.29 is 9.47 Å². The fraction of sp³-hybridized carbons (Fsp3) is 0.300. The van der Waals surface area contributed by atoms with E-state index in [1.807, 2.05) is 61.8 Å². The number of aromatic nitrogens is 3. The van der Waals surface area contributed by atoms with Gasteiger partial charge in [-0.25, -0.2) is 9.97 Å². The summed E-state index contributed by atoms with van der Waals surface area (Å²) in [5.41, 5.74) is 4.54. The Balaban J connectivity index is 1.34. The van der Waals surface area contributed by atoms with Gasteiger partial charge < -0.3 is 14.8 Å². The zero-order valence-corrected chi connectivity index (χ0v) is 21.0. The summed E-state index contributed by atoms with van der Waals surface area (Å²) in [6.45, 7) is 5.54. The van der Waals surface area contributed by atoms with Crippen LogP contribution in [-0.4, -0.2) is 35.2 Å². The Kier molecular flexibility index (Phi) is 7.12. The van der Waals surface area contributed by atoms with Crippen molar-refractivity contribution in [3.63, 3.8) is 0 Å².